The lowest BCUT2D eigenvalue weighted by atomic mass is 10.1. The Hall–Kier alpha value is -2.88. The number of hydrogen-bond donors (Lipinski definition) is 0. The molecule has 0 saturated carbocycles. The Labute approximate surface area is 135 Å². The van der Waals surface area contributed by atoms with Crippen LogP contribution >= 0.6 is 0 Å². The van der Waals surface area contributed by atoms with Crippen molar-refractivity contribution in [2.75, 3.05) is 7.11 Å². The summed E-state index contributed by atoms with van der Waals surface area (Å²) in [6.45, 7) is 1.56. The maximum Gasteiger partial charge on any atom is 0.331 e. The smallest absolute Gasteiger partial charge is 0.331 e. The van der Waals surface area contributed by atoms with Crippen LogP contribution < -0.4 is 4.74 Å². The first-order valence-electron chi connectivity index (χ1n) is 7.22. The topological polar surface area (TPSA) is 52.6 Å². The van der Waals surface area contributed by atoms with E-state index in [0.29, 0.717) is 11.3 Å². The van der Waals surface area contributed by atoms with Gasteiger partial charge in [0.25, 0.3) is 0 Å². The van der Waals surface area contributed by atoms with E-state index in [-0.39, 0.29) is 5.78 Å². The second-order valence-corrected chi connectivity index (χ2v) is 4.92. The van der Waals surface area contributed by atoms with E-state index in [1.54, 1.807) is 44.4 Å². The van der Waals surface area contributed by atoms with Crippen LogP contribution in [0.5, 0.6) is 5.75 Å². The highest BCUT2D eigenvalue weighted by atomic mass is 16.5. The van der Waals surface area contributed by atoms with Gasteiger partial charge >= 0.3 is 5.97 Å². The lowest BCUT2D eigenvalue weighted by Crippen LogP contribution is -2.23. The number of rotatable bonds is 6. The third-order valence-corrected chi connectivity index (χ3v) is 3.25. The highest BCUT2D eigenvalue weighted by Crippen LogP contribution is 2.14. The predicted octanol–water partition coefficient (Wildman–Crippen LogP) is 3.52. The van der Waals surface area contributed by atoms with E-state index in [1.807, 2.05) is 30.3 Å². The molecule has 1 atom stereocenters. The predicted molar refractivity (Wildman–Crippen MR) is 88.4 cm³/mol. The summed E-state index contributed by atoms with van der Waals surface area (Å²) in [6.07, 6.45) is 2.11. The highest BCUT2D eigenvalue weighted by Gasteiger charge is 2.18. The summed E-state index contributed by atoms with van der Waals surface area (Å²) >= 11 is 0. The summed E-state index contributed by atoms with van der Waals surface area (Å²) in [5.41, 5.74) is 1.36. The van der Waals surface area contributed by atoms with E-state index in [0.717, 1.165) is 5.56 Å². The fourth-order valence-corrected chi connectivity index (χ4v) is 1.99. The molecule has 0 radical (unpaired) electrons. The second kappa shape index (κ2) is 7.94. The van der Waals surface area contributed by atoms with Crippen molar-refractivity contribution in [2.45, 2.75) is 13.0 Å². The Morgan fingerprint density at radius 1 is 1.00 bits per heavy atom. The van der Waals surface area contributed by atoms with Crippen molar-refractivity contribution in [3.8, 4) is 5.75 Å². The number of carbonyl (C=O) groups excluding carboxylic acids is 2. The number of Topliss-reactive ketones (excluding diaryl/α,β-unsaturated/α-hetero) is 1. The maximum absolute atomic E-state index is 12.2. The minimum Gasteiger partial charge on any atom is -0.497 e. The molecule has 2 aromatic carbocycles. The van der Waals surface area contributed by atoms with Gasteiger partial charge in [-0.15, -0.1) is 0 Å². The third-order valence-electron chi connectivity index (χ3n) is 3.25. The van der Waals surface area contributed by atoms with Crippen molar-refractivity contribution < 1.29 is 19.1 Å². The minimum absolute atomic E-state index is 0.255. The summed E-state index contributed by atoms with van der Waals surface area (Å²) in [4.78, 5) is 24.0. The SMILES string of the molecule is COc1ccc(C(=O)[C@H](C)OC(=O)/C=C/c2ccccc2)cc1. The first-order valence-corrected chi connectivity index (χ1v) is 7.22. The van der Waals surface area contributed by atoms with Gasteiger partial charge in [-0.05, 0) is 42.8 Å². The molecule has 0 aliphatic heterocycles. The second-order valence-electron chi connectivity index (χ2n) is 4.92. The molecule has 0 bridgehead atoms. The molecule has 2 aromatic rings. The first kappa shape index (κ1) is 16.5. The Balaban J connectivity index is 1.94. The minimum atomic E-state index is -0.851. The van der Waals surface area contributed by atoms with E-state index in [9.17, 15) is 9.59 Å². The molecular weight excluding hydrogens is 292 g/mol. The quantitative estimate of drug-likeness (QED) is 0.465. The van der Waals surface area contributed by atoms with Gasteiger partial charge in [0.15, 0.2) is 6.10 Å². The van der Waals surface area contributed by atoms with Crippen molar-refractivity contribution in [3.63, 3.8) is 0 Å². The summed E-state index contributed by atoms with van der Waals surface area (Å²) in [6, 6.07) is 16.1. The zero-order chi connectivity index (χ0) is 16.7. The van der Waals surface area contributed by atoms with Gasteiger partial charge in [-0.1, -0.05) is 30.3 Å². The van der Waals surface area contributed by atoms with E-state index in [4.69, 9.17) is 9.47 Å². The number of benzene rings is 2. The molecule has 2 rings (SSSR count). The van der Waals surface area contributed by atoms with Gasteiger partial charge in [-0.25, -0.2) is 4.79 Å². The molecule has 0 aliphatic rings. The molecule has 118 valence electrons. The van der Waals surface area contributed by atoms with E-state index < -0.39 is 12.1 Å². The van der Waals surface area contributed by atoms with Gasteiger partial charge < -0.3 is 9.47 Å². The summed E-state index contributed by atoms with van der Waals surface area (Å²) in [5, 5.41) is 0. The van der Waals surface area contributed by atoms with Crippen LogP contribution in [-0.2, 0) is 9.53 Å². The lowest BCUT2D eigenvalue weighted by Gasteiger charge is -2.11. The number of methoxy groups -OCH3 is 1. The summed E-state index contributed by atoms with van der Waals surface area (Å²) < 4.78 is 10.2. The largest absolute Gasteiger partial charge is 0.497 e. The number of esters is 1. The first-order chi connectivity index (χ1) is 11.1. The van der Waals surface area contributed by atoms with Gasteiger partial charge in [0.05, 0.1) is 7.11 Å². The van der Waals surface area contributed by atoms with Crippen molar-refractivity contribution in [1.29, 1.82) is 0 Å². The molecule has 0 amide bonds. The molecule has 0 aromatic heterocycles. The molecule has 0 unspecified atom stereocenters. The third kappa shape index (κ3) is 4.81. The molecule has 0 fully saturated rings. The normalized spacial score (nSPS) is 11.9. The molecule has 0 aliphatic carbocycles. The van der Waals surface area contributed by atoms with Crippen LogP contribution in [0.2, 0.25) is 0 Å². The fraction of sp³-hybridized carbons (Fsp3) is 0.158. The maximum atomic E-state index is 12.2. The van der Waals surface area contributed by atoms with Crippen LogP contribution in [0.3, 0.4) is 0 Å². The van der Waals surface area contributed by atoms with Crippen molar-refractivity contribution in [1.82, 2.24) is 0 Å². The molecule has 0 N–H and O–H groups in total. The molecular formula is C19H18O4. The number of ketones is 1. The Bertz CT molecular complexity index is 687. The molecule has 0 saturated heterocycles. The number of hydrogen-bond acceptors (Lipinski definition) is 4. The van der Waals surface area contributed by atoms with E-state index >= 15 is 0 Å². The Kier molecular flexibility index (Phi) is 5.69. The Morgan fingerprint density at radius 3 is 2.26 bits per heavy atom. The van der Waals surface area contributed by atoms with Crippen LogP contribution in [-0.4, -0.2) is 25.0 Å². The number of ether oxygens (including phenoxy) is 2. The summed E-state index contributed by atoms with van der Waals surface area (Å²) in [7, 11) is 1.56. The molecule has 0 spiro atoms. The van der Waals surface area contributed by atoms with Gasteiger partial charge in [-0.3, -0.25) is 4.79 Å². The van der Waals surface area contributed by atoms with Gasteiger partial charge in [0.2, 0.25) is 5.78 Å². The molecule has 4 nitrogen and oxygen atoms in total. The molecule has 4 heteroatoms. The van der Waals surface area contributed by atoms with E-state index in [1.165, 1.54) is 6.08 Å². The fourth-order valence-electron chi connectivity index (χ4n) is 1.99. The van der Waals surface area contributed by atoms with Gasteiger partial charge in [0, 0.05) is 11.6 Å². The Morgan fingerprint density at radius 2 is 1.65 bits per heavy atom. The summed E-state index contributed by atoms with van der Waals surface area (Å²) in [5.74, 6) is -0.144. The van der Waals surface area contributed by atoms with Gasteiger partial charge in [0.1, 0.15) is 5.75 Å². The zero-order valence-electron chi connectivity index (χ0n) is 13.1. The van der Waals surface area contributed by atoms with Crippen LogP contribution in [0.15, 0.2) is 60.7 Å². The van der Waals surface area contributed by atoms with Crippen LogP contribution in [0.4, 0.5) is 0 Å². The standard InChI is InChI=1S/C19H18O4/c1-14(19(21)16-9-11-17(22-2)12-10-16)23-18(20)13-8-15-6-4-3-5-7-15/h3-14H,1-2H3/b13-8+/t14-/m0/s1. The van der Waals surface area contributed by atoms with Crippen molar-refractivity contribution >= 4 is 17.8 Å². The van der Waals surface area contributed by atoms with E-state index in [2.05, 4.69) is 0 Å². The number of carbonyl (C=O) groups is 2. The average molecular weight is 310 g/mol. The average Bonchev–Trinajstić information content (AvgIpc) is 2.60. The lowest BCUT2D eigenvalue weighted by molar-refractivity contribution is -0.140. The van der Waals surface area contributed by atoms with Crippen molar-refractivity contribution in [3.05, 3.63) is 71.8 Å². The monoisotopic (exact) mass is 310 g/mol. The van der Waals surface area contributed by atoms with Gasteiger partial charge in [-0.2, -0.15) is 0 Å². The molecule has 23 heavy (non-hydrogen) atoms. The van der Waals surface area contributed by atoms with Crippen LogP contribution in [0.25, 0.3) is 6.08 Å². The highest BCUT2D eigenvalue weighted by molar-refractivity contribution is 6.01. The zero-order valence-corrected chi connectivity index (χ0v) is 13.1. The van der Waals surface area contributed by atoms with Crippen LogP contribution in [0.1, 0.15) is 22.8 Å². The van der Waals surface area contributed by atoms with Crippen molar-refractivity contribution in [2.24, 2.45) is 0 Å². The molecule has 0 heterocycles. The van der Waals surface area contributed by atoms with Crippen LogP contribution in [0, 0.1) is 0 Å².